The monoisotopic (exact) mass is 238 g/mol. The average molecular weight is 238 g/mol. The van der Waals surface area contributed by atoms with Crippen molar-refractivity contribution in [2.24, 2.45) is 0 Å². The van der Waals surface area contributed by atoms with Gasteiger partial charge in [0.2, 0.25) is 0 Å². The second kappa shape index (κ2) is 6.18. The molecule has 18 heavy (non-hydrogen) atoms. The maximum atomic E-state index is 10.4. The van der Waals surface area contributed by atoms with Gasteiger partial charge in [-0.15, -0.1) is 0 Å². The SMILES string of the molecule is CC/C(=C\c1ccccc1)C(O)c1ccccc1. The first kappa shape index (κ1) is 12.6. The van der Waals surface area contributed by atoms with Crippen molar-refractivity contribution in [3.05, 3.63) is 77.4 Å². The molecule has 92 valence electrons. The lowest BCUT2D eigenvalue weighted by atomic mass is 9.97. The van der Waals surface area contributed by atoms with Crippen LogP contribution in [0.1, 0.15) is 30.6 Å². The zero-order valence-electron chi connectivity index (χ0n) is 10.6. The molecule has 1 atom stereocenters. The highest BCUT2D eigenvalue weighted by molar-refractivity contribution is 5.54. The van der Waals surface area contributed by atoms with E-state index in [0.29, 0.717) is 0 Å². The lowest BCUT2D eigenvalue weighted by Crippen LogP contribution is -2.00. The Morgan fingerprint density at radius 3 is 2.11 bits per heavy atom. The summed E-state index contributed by atoms with van der Waals surface area (Å²) >= 11 is 0. The maximum absolute atomic E-state index is 10.4. The molecule has 2 aromatic rings. The van der Waals surface area contributed by atoms with E-state index in [0.717, 1.165) is 23.1 Å². The van der Waals surface area contributed by atoms with E-state index in [4.69, 9.17) is 0 Å². The van der Waals surface area contributed by atoms with Crippen LogP contribution in [0.3, 0.4) is 0 Å². The van der Waals surface area contributed by atoms with Crippen LogP contribution in [-0.4, -0.2) is 5.11 Å². The van der Waals surface area contributed by atoms with Gasteiger partial charge in [0.25, 0.3) is 0 Å². The third-order valence-corrected chi connectivity index (χ3v) is 3.03. The molecule has 0 bridgehead atoms. The van der Waals surface area contributed by atoms with E-state index in [2.05, 4.69) is 13.0 Å². The molecule has 0 saturated heterocycles. The molecule has 0 amide bonds. The Hall–Kier alpha value is -1.86. The van der Waals surface area contributed by atoms with Gasteiger partial charge in [0, 0.05) is 0 Å². The molecule has 1 nitrogen and oxygen atoms in total. The van der Waals surface area contributed by atoms with Crippen molar-refractivity contribution in [1.82, 2.24) is 0 Å². The van der Waals surface area contributed by atoms with Crippen LogP contribution in [0.4, 0.5) is 0 Å². The third-order valence-electron chi connectivity index (χ3n) is 3.03. The second-order valence-corrected chi connectivity index (χ2v) is 4.30. The molecule has 2 aromatic carbocycles. The topological polar surface area (TPSA) is 20.2 Å². The van der Waals surface area contributed by atoms with Gasteiger partial charge in [0.05, 0.1) is 0 Å². The molecule has 0 aliphatic rings. The zero-order chi connectivity index (χ0) is 12.8. The number of hydrogen-bond donors (Lipinski definition) is 1. The van der Waals surface area contributed by atoms with Gasteiger partial charge in [-0.1, -0.05) is 73.7 Å². The smallest absolute Gasteiger partial charge is 0.100 e. The summed E-state index contributed by atoms with van der Waals surface area (Å²) in [6, 6.07) is 19.9. The Balaban J connectivity index is 2.27. The van der Waals surface area contributed by atoms with Gasteiger partial charge >= 0.3 is 0 Å². The van der Waals surface area contributed by atoms with Crippen LogP contribution in [0.15, 0.2) is 66.2 Å². The van der Waals surface area contributed by atoms with Crippen LogP contribution in [0.25, 0.3) is 6.08 Å². The fraction of sp³-hybridized carbons (Fsp3) is 0.176. The first-order valence-corrected chi connectivity index (χ1v) is 6.29. The van der Waals surface area contributed by atoms with Gasteiger partial charge in [-0.05, 0) is 23.1 Å². The van der Waals surface area contributed by atoms with Gasteiger partial charge in [-0.3, -0.25) is 0 Å². The number of rotatable bonds is 4. The van der Waals surface area contributed by atoms with Crippen LogP contribution >= 0.6 is 0 Å². The van der Waals surface area contributed by atoms with Gasteiger partial charge < -0.3 is 5.11 Å². The molecule has 0 radical (unpaired) electrons. The largest absolute Gasteiger partial charge is 0.384 e. The van der Waals surface area contributed by atoms with Crippen molar-refractivity contribution in [1.29, 1.82) is 0 Å². The molecule has 1 heteroatoms. The second-order valence-electron chi connectivity index (χ2n) is 4.30. The minimum Gasteiger partial charge on any atom is -0.384 e. The molecule has 0 heterocycles. The highest BCUT2D eigenvalue weighted by Gasteiger charge is 2.11. The van der Waals surface area contributed by atoms with Gasteiger partial charge in [-0.25, -0.2) is 0 Å². The normalized spacial score (nSPS) is 13.3. The van der Waals surface area contributed by atoms with Crippen molar-refractivity contribution < 1.29 is 5.11 Å². The molecule has 2 rings (SSSR count). The summed E-state index contributed by atoms with van der Waals surface area (Å²) in [5.74, 6) is 0. The summed E-state index contributed by atoms with van der Waals surface area (Å²) < 4.78 is 0. The molecule has 0 aliphatic heterocycles. The van der Waals surface area contributed by atoms with Gasteiger partial charge in [0.15, 0.2) is 0 Å². The Kier molecular flexibility index (Phi) is 4.32. The van der Waals surface area contributed by atoms with Gasteiger partial charge in [-0.2, -0.15) is 0 Å². The molecule has 0 aliphatic carbocycles. The predicted molar refractivity (Wildman–Crippen MR) is 76.1 cm³/mol. The molecule has 1 unspecified atom stereocenters. The van der Waals surface area contributed by atoms with Crippen LogP contribution in [0, 0.1) is 0 Å². The summed E-state index contributed by atoms with van der Waals surface area (Å²) in [5.41, 5.74) is 3.11. The Bertz CT molecular complexity index is 500. The van der Waals surface area contributed by atoms with E-state index >= 15 is 0 Å². The van der Waals surface area contributed by atoms with Crippen molar-refractivity contribution >= 4 is 6.08 Å². The van der Waals surface area contributed by atoms with Crippen LogP contribution in [0.2, 0.25) is 0 Å². The summed E-state index contributed by atoms with van der Waals surface area (Å²) in [7, 11) is 0. The standard InChI is InChI=1S/C17H18O/c1-2-15(13-14-9-5-3-6-10-14)17(18)16-11-7-4-8-12-16/h3-13,17-18H,2H2,1H3/b15-13+. The molecule has 0 fully saturated rings. The van der Waals surface area contributed by atoms with Crippen molar-refractivity contribution in [3.8, 4) is 0 Å². The maximum Gasteiger partial charge on any atom is 0.100 e. The predicted octanol–water partition coefficient (Wildman–Crippen LogP) is 4.21. The van der Waals surface area contributed by atoms with Crippen LogP contribution in [0.5, 0.6) is 0 Å². The summed E-state index contributed by atoms with van der Waals surface area (Å²) in [4.78, 5) is 0. The fourth-order valence-corrected chi connectivity index (χ4v) is 1.99. The minimum absolute atomic E-state index is 0.517. The Labute approximate surface area is 108 Å². The van der Waals surface area contributed by atoms with Crippen molar-refractivity contribution in [3.63, 3.8) is 0 Å². The fourth-order valence-electron chi connectivity index (χ4n) is 1.99. The van der Waals surface area contributed by atoms with E-state index in [1.165, 1.54) is 0 Å². The molecule has 0 spiro atoms. The zero-order valence-corrected chi connectivity index (χ0v) is 10.6. The van der Waals surface area contributed by atoms with Crippen molar-refractivity contribution in [2.45, 2.75) is 19.4 Å². The lowest BCUT2D eigenvalue weighted by Gasteiger charge is -2.14. The molecule has 0 aromatic heterocycles. The number of aliphatic hydroxyl groups is 1. The molecular formula is C17H18O. The number of hydrogen-bond acceptors (Lipinski definition) is 1. The summed E-state index contributed by atoms with van der Waals surface area (Å²) in [6.45, 7) is 2.07. The molecule has 1 N–H and O–H groups in total. The third kappa shape index (κ3) is 3.08. The number of aliphatic hydroxyl groups excluding tert-OH is 1. The van der Waals surface area contributed by atoms with Crippen LogP contribution < -0.4 is 0 Å². The highest BCUT2D eigenvalue weighted by Crippen LogP contribution is 2.25. The van der Waals surface area contributed by atoms with Crippen molar-refractivity contribution in [2.75, 3.05) is 0 Å². The van der Waals surface area contributed by atoms with Crippen LogP contribution in [-0.2, 0) is 0 Å². The summed E-state index contributed by atoms with van der Waals surface area (Å²) in [5, 5.41) is 10.4. The van der Waals surface area contributed by atoms with E-state index in [-0.39, 0.29) is 0 Å². The first-order valence-electron chi connectivity index (χ1n) is 6.29. The van der Waals surface area contributed by atoms with Gasteiger partial charge in [0.1, 0.15) is 6.10 Å². The Morgan fingerprint density at radius 2 is 1.56 bits per heavy atom. The lowest BCUT2D eigenvalue weighted by molar-refractivity contribution is 0.213. The first-order chi connectivity index (χ1) is 8.81. The number of benzene rings is 2. The van der Waals surface area contributed by atoms with E-state index in [1.807, 2.05) is 60.7 Å². The average Bonchev–Trinajstić information content (AvgIpc) is 2.46. The van der Waals surface area contributed by atoms with E-state index in [9.17, 15) is 5.11 Å². The van der Waals surface area contributed by atoms with E-state index in [1.54, 1.807) is 0 Å². The quantitative estimate of drug-likeness (QED) is 0.845. The molecule has 0 saturated carbocycles. The van der Waals surface area contributed by atoms with E-state index < -0.39 is 6.10 Å². The summed E-state index contributed by atoms with van der Waals surface area (Å²) in [6.07, 6.45) is 2.39. The molecular weight excluding hydrogens is 220 g/mol. The minimum atomic E-state index is -0.517. The Morgan fingerprint density at radius 1 is 1.00 bits per heavy atom. The highest BCUT2D eigenvalue weighted by atomic mass is 16.3.